The highest BCUT2D eigenvalue weighted by Crippen LogP contribution is 2.60. The lowest BCUT2D eigenvalue weighted by molar-refractivity contribution is 0.443. The molecule has 0 bridgehead atoms. The molecule has 0 amide bonds. The largest absolute Gasteiger partial charge is 0.453 e. The third-order valence-corrected chi connectivity index (χ3v) is 6.02. The summed E-state index contributed by atoms with van der Waals surface area (Å²) < 4.78 is 12.7. The van der Waals surface area contributed by atoms with Crippen LogP contribution in [0, 0.1) is 0 Å². The number of rotatable bonds is 0. The van der Waals surface area contributed by atoms with Gasteiger partial charge in [0.1, 0.15) is 5.69 Å². The van der Waals surface area contributed by atoms with Gasteiger partial charge in [0.25, 0.3) is 0 Å². The quantitative estimate of drug-likeness (QED) is 0.250. The van der Waals surface area contributed by atoms with Gasteiger partial charge in [-0.3, -0.25) is 4.90 Å². The minimum Gasteiger partial charge on any atom is -0.453 e. The summed E-state index contributed by atoms with van der Waals surface area (Å²) >= 11 is 6.42. The SMILES string of the molecule is CC(C)(C)c1ccc2c(c1)Oc1cc(Cl)cc3c1N2c1ccc(C(C)(C)C)cc1O3. The summed E-state index contributed by atoms with van der Waals surface area (Å²) in [4.78, 5) is 2.23. The summed E-state index contributed by atoms with van der Waals surface area (Å²) in [5.41, 5.74) is 5.42. The molecular formula is C26H26ClNO2. The summed E-state index contributed by atoms with van der Waals surface area (Å²) in [6, 6.07) is 16.6. The molecule has 2 aliphatic heterocycles. The Labute approximate surface area is 183 Å². The van der Waals surface area contributed by atoms with E-state index in [-0.39, 0.29) is 10.8 Å². The summed E-state index contributed by atoms with van der Waals surface area (Å²) in [6.45, 7) is 13.2. The van der Waals surface area contributed by atoms with Crippen LogP contribution in [0.3, 0.4) is 0 Å². The summed E-state index contributed by atoms with van der Waals surface area (Å²) in [6.07, 6.45) is 0. The molecule has 5 rings (SSSR count). The van der Waals surface area contributed by atoms with Crippen molar-refractivity contribution in [2.75, 3.05) is 4.90 Å². The Hall–Kier alpha value is -2.65. The van der Waals surface area contributed by atoms with Gasteiger partial charge in [-0.1, -0.05) is 65.3 Å². The zero-order chi connectivity index (χ0) is 21.4. The van der Waals surface area contributed by atoms with Crippen molar-refractivity contribution in [3.8, 4) is 23.0 Å². The molecule has 0 N–H and O–H groups in total. The van der Waals surface area contributed by atoms with Gasteiger partial charge in [0.2, 0.25) is 0 Å². The molecule has 0 aromatic heterocycles. The van der Waals surface area contributed by atoms with E-state index in [4.69, 9.17) is 21.1 Å². The minimum absolute atomic E-state index is 0.0304. The molecule has 0 atom stereocenters. The summed E-state index contributed by atoms with van der Waals surface area (Å²) in [5.74, 6) is 3.08. The van der Waals surface area contributed by atoms with Gasteiger partial charge in [-0.2, -0.15) is 0 Å². The number of hydrogen-bond donors (Lipinski definition) is 0. The van der Waals surface area contributed by atoms with Crippen LogP contribution < -0.4 is 14.4 Å². The molecule has 3 aromatic rings. The van der Waals surface area contributed by atoms with Crippen molar-refractivity contribution in [1.29, 1.82) is 0 Å². The van der Waals surface area contributed by atoms with E-state index in [1.807, 2.05) is 12.1 Å². The van der Waals surface area contributed by atoms with Crippen LogP contribution in [0.2, 0.25) is 5.02 Å². The highest BCUT2D eigenvalue weighted by Gasteiger charge is 2.36. The van der Waals surface area contributed by atoms with Crippen LogP contribution in [0.1, 0.15) is 52.7 Å². The van der Waals surface area contributed by atoms with Crippen LogP contribution >= 0.6 is 11.6 Å². The monoisotopic (exact) mass is 419 g/mol. The fraction of sp³-hybridized carbons (Fsp3) is 0.308. The lowest BCUT2D eigenvalue weighted by atomic mass is 9.86. The zero-order valence-electron chi connectivity index (χ0n) is 18.3. The highest BCUT2D eigenvalue weighted by atomic mass is 35.5. The van der Waals surface area contributed by atoms with Crippen molar-refractivity contribution in [2.45, 2.75) is 52.4 Å². The van der Waals surface area contributed by atoms with E-state index in [0.717, 1.165) is 28.6 Å². The van der Waals surface area contributed by atoms with E-state index < -0.39 is 0 Å². The highest BCUT2D eigenvalue weighted by molar-refractivity contribution is 6.31. The first kappa shape index (κ1) is 19.3. The molecule has 0 unspecified atom stereocenters. The Morgan fingerprint density at radius 1 is 0.633 bits per heavy atom. The Bertz CT molecular complexity index is 1100. The molecule has 0 fully saturated rings. The van der Waals surface area contributed by atoms with E-state index in [2.05, 4.69) is 82.8 Å². The molecule has 0 radical (unpaired) electrons. The second-order valence-electron chi connectivity index (χ2n) is 10.2. The van der Waals surface area contributed by atoms with E-state index in [9.17, 15) is 0 Å². The van der Waals surface area contributed by atoms with Crippen LogP contribution in [0.4, 0.5) is 17.1 Å². The Kier molecular flexibility index (Phi) is 3.98. The number of nitrogens with zero attached hydrogens (tertiary/aromatic N) is 1. The average Bonchev–Trinajstić information content (AvgIpc) is 2.64. The van der Waals surface area contributed by atoms with Crippen molar-refractivity contribution in [2.24, 2.45) is 0 Å². The molecule has 2 heterocycles. The maximum Gasteiger partial charge on any atom is 0.156 e. The second-order valence-corrected chi connectivity index (χ2v) is 10.6. The van der Waals surface area contributed by atoms with Gasteiger partial charge in [0, 0.05) is 17.2 Å². The molecule has 30 heavy (non-hydrogen) atoms. The van der Waals surface area contributed by atoms with Gasteiger partial charge in [-0.05, 0) is 46.2 Å². The van der Waals surface area contributed by atoms with Crippen LogP contribution in [0.15, 0.2) is 48.5 Å². The zero-order valence-corrected chi connectivity index (χ0v) is 19.0. The summed E-state index contributed by atoms with van der Waals surface area (Å²) in [7, 11) is 0. The fourth-order valence-electron chi connectivity index (χ4n) is 4.03. The third kappa shape index (κ3) is 2.95. The van der Waals surface area contributed by atoms with Crippen molar-refractivity contribution in [3.05, 3.63) is 64.7 Å². The smallest absolute Gasteiger partial charge is 0.156 e. The predicted molar refractivity (Wildman–Crippen MR) is 124 cm³/mol. The van der Waals surface area contributed by atoms with Gasteiger partial charge in [0.05, 0.1) is 11.4 Å². The van der Waals surface area contributed by atoms with Crippen molar-refractivity contribution in [3.63, 3.8) is 0 Å². The van der Waals surface area contributed by atoms with Gasteiger partial charge in [-0.25, -0.2) is 0 Å². The second kappa shape index (κ2) is 6.18. The molecule has 3 aromatic carbocycles. The molecule has 0 aliphatic carbocycles. The standard InChI is InChI=1S/C26H26ClNO2/c1-25(2,3)15-7-9-18-20(11-15)29-22-13-17(27)14-23-24(22)28(18)19-10-8-16(26(4,5)6)12-21(19)30-23/h7-14H,1-6H3. The Balaban J connectivity index is 1.75. The van der Waals surface area contributed by atoms with Gasteiger partial charge in [-0.15, -0.1) is 0 Å². The number of halogens is 1. The fourth-order valence-corrected chi connectivity index (χ4v) is 4.23. The van der Waals surface area contributed by atoms with Crippen molar-refractivity contribution >= 4 is 28.7 Å². The number of benzene rings is 3. The molecule has 154 valence electrons. The molecule has 4 heteroatoms. The number of anilines is 3. The molecular weight excluding hydrogens is 394 g/mol. The molecule has 0 saturated carbocycles. The average molecular weight is 420 g/mol. The summed E-state index contributed by atoms with van der Waals surface area (Å²) in [5, 5.41) is 0.592. The first-order chi connectivity index (χ1) is 14.0. The molecule has 0 saturated heterocycles. The lowest BCUT2D eigenvalue weighted by Gasteiger charge is -2.39. The van der Waals surface area contributed by atoms with E-state index >= 15 is 0 Å². The number of hydrogen-bond acceptors (Lipinski definition) is 3. The number of ether oxygens (including phenoxy) is 2. The normalized spacial score (nSPS) is 14.3. The topological polar surface area (TPSA) is 21.7 Å². The lowest BCUT2D eigenvalue weighted by Crippen LogP contribution is -2.22. The van der Waals surface area contributed by atoms with Crippen LogP contribution in [0.25, 0.3) is 0 Å². The predicted octanol–water partition coefficient (Wildman–Crippen LogP) is 8.62. The van der Waals surface area contributed by atoms with Gasteiger partial charge in [0.15, 0.2) is 23.0 Å². The molecule has 3 nitrogen and oxygen atoms in total. The Morgan fingerprint density at radius 2 is 1.07 bits per heavy atom. The van der Waals surface area contributed by atoms with Crippen LogP contribution in [-0.2, 0) is 10.8 Å². The first-order valence-electron chi connectivity index (χ1n) is 10.3. The maximum atomic E-state index is 6.42. The minimum atomic E-state index is 0.0304. The van der Waals surface area contributed by atoms with Crippen LogP contribution in [0.5, 0.6) is 23.0 Å². The molecule has 0 spiro atoms. The van der Waals surface area contributed by atoms with E-state index in [0.29, 0.717) is 16.5 Å². The van der Waals surface area contributed by atoms with Crippen molar-refractivity contribution < 1.29 is 9.47 Å². The van der Waals surface area contributed by atoms with E-state index in [1.165, 1.54) is 11.1 Å². The van der Waals surface area contributed by atoms with Crippen LogP contribution in [-0.4, -0.2) is 0 Å². The van der Waals surface area contributed by atoms with E-state index in [1.54, 1.807) is 0 Å². The maximum absolute atomic E-state index is 6.42. The van der Waals surface area contributed by atoms with Gasteiger partial charge >= 0.3 is 0 Å². The van der Waals surface area contributed by atoms with Gasteiger partial charge < -0.3 is 9.47 Å². The molecule has 2 aliphatic rings. The van der Waals surface area contributed by atoms with Crippen molar-refractivity contribution in [1.82, 2.24) is 0 Å². The Morgan fingerprint density at radius 3 is 1.47 bits per heavy atom. The third-order valence-electron chi connectivity index (χ3n) is 5.80. The first-order valence-corrected chi connectivity index (χ1v) is 10.7. The number of fused-ring (bicyclic) bond motifs is 4.